The summed E-state index contributed by atoms with van der Waals surface area (Å²) in [6, 6.07) is 1.39. The molecule has 1 amide bonds. The van der Waals surface area contributed by atoms with Crippen molar-refractivity contribution >= 4 is 17.5 Å². The summed E-state index contributed by atoms with van der Waals surface area (Å²) in [7, 11) is 0. The van der Waals surface area contributed by atoms with Gasteiger partial charge < -0.3 is 4.90 Å². The summed E-state index contributed by atoms with van der Waals surface area (Å²) in [5.41, 5.74) is 0.0615. The van der Waals surface area contributed by atoms with Gasteiger partial charge >= 0.3 is 0 Å². The van der Waals surface area contributed by atoms with Gasteiger partial charge in [0.05, 0.1) is 11.8 Å². The summed E-state index contributed by atoms with van der Waals surface area (Å²) >= 11 is 5.56. The number of hydrogen-bond donors (Lipinski definition) is 0. The minimum absolute atomic E-state index is 0.0615. The number of nitrogens with zero attached hydrogens (tertiary/aromatic N) is 2. The molecule has 5 heteroatoms. The number of rotatable bonds is 5. The zero-order valence-corrected chi connectivity index (χ0v) is 9.88. The largest absolute Gasteiger partial charge is 0.339 e. The zero-order valence-electron chi connectivity index (χ0n) is 9.12. The highest BCUT2D eigenvalue weighted by Gasteiger charge is 2.17. The van der Waals surface area contributed by atoms with Gasteiger partial charge in [-0.3, -0.25) is 9.78 Å². The lowest BCUT2D eigenvalue weighted by Gasteiger charge is -2.20. The monoisotopic (exact) mass is 244 g/mol. The standard InChI is InChI=1S/C11H14ClFN2O/c1-2-15(7-3-5-12)11(16)9-4-6-14-8-10(9)13/h4,6,8H,2-3,5,7H2,1H3. The summed E-state index contributed by atoms with van der Waals surface area (Å²) in [5.74, 6) is -0.410. The van der Waals surface area contributed by atoms with Gasteiger partial charge in [0.25, 0.3) is 5.91 Å². The van der Waals surface area contributed by atoms with Crippen LogP contribution in [0.3, 0.4) is 0 Å². The van der Waals surface area contributed by atoms with Crippen LogP contribution in [0.15, 0.2) is 18.5 Å². The van der Waals surface area contributed by atoms with Crippen molar-refractivity contribution in [3.8, 4) is 0 Å². The zero-order chi connectivity index (χ0) is 12.0. The van der Waals surface area contributed by atoms with E-state index in [2.05, 4.69) is 4.98 Å². The molecule has 0 fully saturated rings. The average molecular weight is 245 g/mol. The number of carbonyl (C=O) groups excluding carboxylic acids is 1. The summed E-state index contributed by atoms with van der Waals surface area (Å²) in [4.78, 5) is 17.1. The van der Waals surface area contributed by atoms with Crippen molar-refractivity contribution in [2.75, 3.05) is 19.0 Å². The first kappa shape index (κ1) is 12.9. The van der Waals surface area contributed by atoms with Gasteiger partial charge in [-0.2, -0.15) is 0 Å². The molecule has 1 rings (SSSR count). The van der Waals surface area contributed by atoms with E-state index in [1.54, 1.807) is 4.90 Å². The van der Waals surface area contributed by atoms with Gasteiger partial charge in [0, 0.05) is 25.2 Å². The maximum Gasteiger partial charge on any atom is 0.256 e. The molecule has 1 aromatic rings. The van der Waals surface area contributed by atoms with Crippen molar-refractivity contribution in [2.24, 2.45) is 0 Å². The number of pyridine rings is 1. The third-order valence-corrected chi connectivity index (χ3v) is 2.50. The predicted molar refractivity (Wildman–Crippen MR) is 61.1 cm³/mol. The van der Waals surface area contributed by atoms with Crippen LogP contribution in [-0.4, -0.2) is 34.8 Å². The molecule has 0 N–H and O–H groups in total. The van der Waals surface area contributed by atoms with Crippen LogP contribution in [-0.2, 0) is 0 Å². The Morgan fingerprint density at radius 1 is 1.62 bits per heavy atom. The van der Waals surface area contributed by atoms with E-state index in [4.69, 9.17) is 11.6 Å². The van der Waals surface area contributed by atoms with Gasteiger partial charge in [0.2, 0.25) is 0 Å². The highest BCUT2D eigenvalue weighted by Crippen LogP contribution is 2.09. The molecule has 0 aromatic carbocycles. The number of aromatic nitrogens is 1. The van der Waals surface area contributed by atoms with Crippen LogP contribution in [0, 0.1) is 5.82 Å². The Morgan fingerprint density at radius 3 is 2.94 bits per heavy atom. The molecule has 0 saturated heterocycles. The van der Waals surface area contributed by atoms with Gasteiger partial charge in [-0.25, -0.2) is 4.39 Å². The highest BCUT2D eigenvalue weighted by atomic mass is 35.5. The van der Waals surface area contributed by atoms with Crippen LogP contribution < -0.4 is 0 Å². The SMILES string of the molecule is CCN(CCCCl)C(=O)c1ccncc1F. The Morgan fingerprint density at radius 2 is 2.38 bits per heavy atom. The van der Waals surface area contributed by atoms with E-state index in [1.165, 1.54) is 12.3 Å². The Kier molecular flexibility index (Phi) is 5.19. The van der Waals surface area contributed by atoms with Crippen molar-refractivity contribution in [3.05, 3.63) is 29.8 Å². The average Bonchev–Trinajstić information content (AvgIpc) is 2.30. The molecule has 0 radical (unpaired) electrons. The van der Waals surface area contributed by atoms with Gasteiger partial charge in [-0.05, 0) is 19.4 Å². The van der Waals surface area contributed by atoms with Crippen molar-refractivity contribution in [2.45, 2.75) is 13.3 Å². The fourth-order valence-corrected chi connectivity index (χ4v) is 1.49. The van der Waals surface area contributed by atoms with Crippen molar-refractivity contribution in [3.63, 3.8) is 0 Å². The highest BCUT2D eigenvalue weighted by molar-refractivity contribution is 6.17. The second-order valence-corrected chi connectivity index (χ2v) is 3.66. The molecular formula is C11H14ClFN2O. The molecule has 0 saturated carbocycles. The Labute approximate surface area is 99.2 Å². The second kappa shape index (κ2) is 6.43. The quantitative estimate of drug-likeness (QED) is 0.745. The Balaban J connectivity index is 2.79. The van der Waals surface area contributed by atoms with Crippen LogP contribution in [0.1, 0.15) is 23.7 Å². The number of halogens is 2. The molecule has 3 nitrogen and oxygen atoms in total. The van der Waals surface area contributed by atoms with E-state index in [-0.39, 0.29) is 11.5 Å². The van der Waals surface area contributed by atoms with Crippen LogP contribution in [0.25, 0.3) is 0 Å². The molecular weight excluding hydrogens is 231 g/mol. The van der Waals surface area contributed by atoms with E-state index < -0.39 is 5.82 Å². The second-order valence-electron chi connectivity index (χ2n) is 3.28. The van der Waals surface area contributed by atoms with E-state index in [0.717, 1.165) is 6.20 Å². The summed E-state index contributed by atoms with van der Waals surface area (Å²) in [6.07, 6.45) is 3.15. The fraction of sp³-hybridized carbons (Fsp3) is 0.455. The summed E-state index contributed by atoms with van der Waals surface area (Å²) in [6.45, 7) is 2.93. The molecule has 88 valence electrons. The molecule has 0 aliphatic carbocycles. The lowest BCUT2D eigenvalue weighted by molar-refractivity contribution is 0.0760. The van der Waals surface area contributed by atoms with Crippen LogP contribution >= 0.6 is 11.6 Å². The van der Waals surface area contributed by atoms with Crippen LogP contribution in [0.4, 0.5) is 4.39 Å². The smallest absolute Gasteiger partial charge is 0.256 e. The number of hydrogen-bond acceptors (Lipinski definition) is 2. The molecule has 1 aromatic heterocycles. The maximum atomic E-state index is 13.3. The van der Waals surface area contributed by atoms with Crippen molar-refractivity contribution in [1.29, 1.82) is 0 Å². The van der Waals surface area contributed by atoms with Crippen molar-refractivity contribution in [1.82, 2.24) is 9.88 Å². The van der Waals surface area contributed by atoms with E-state index in [1.807, 2.05) is 6.92 Å². The first-order chi connectivity index (χ1) is 7.70. The van der Waals surface area contributed by atoms with E-state index in [9.17, 15) is 9.18 Å². The molecule has 0 bridgehead atoms. The predicted octanol–water partition coefficient (Wildman–Crippen LogP) is 2.31. The lowest BCUT2D eigenvalue weighted by atomic mass is 10.2. The first-order valence-electron chi connectivity index (χ1n) is 5.15. The molecule has 0 aliphatic heterocycles. The summed E-state index contributed by atoms with van der Waals surface area (Å²) < 4.78 is 13.3. The van der Waals surface area contributed by atoms with Crippen LogP contribution in [0.2, 0.25) is 0 Å². The number of alkyl halides is 1. The van der Waals surface area contributed by atoms with Crippen LogP contribution in [0.5, 0.6) is 0 Å². The fourth-order valence-electron chi connectivity index (χ4n) is 1.37. The van der Waals surface area contributed by atoms with Gasteiger partial charge in [-0.1, -0.05) is 0 Å². The maximum absolute atomic E-state index is 13.3. The van der Waals surface area contributed by atoms with Crippen molar-refractivity contribution < 1.29 is 9.18 Å². The molecule has 0 aliphatic rings. The molecule has 1 heterocycles. The van der Waals surface area contributed by atoms with E-state index in [0.29, 0.717) is 25.4 Å². The Bertz CT molecular complexity index is 360. The molecule has 0 unspecified atom stereocenters. The van der Waals surface area contributed by atoms with Gasteiger partial charge in [0.1, 0.15) is 0 Å². The normalized spacial score (nSPS) is 10.2. The molecule has 0 atom stereocenters. The van der Waals surface area contributed by atoms with E-state index >= 15 is 0 Å². The summed E-state index contributed by atoms with van der Waals surface area (Å²) in [5, 5.41) is 0. The molecule has 0 spiro atoms. The molecule has 16 heavy (non-hydrogen) atoms. The third kappa shape index (κ3) is 3.17. The number of amides is 1. The van der Waals surface area contributed by atoms with Gasteiger partial charge in [0.15, 0.2) is 5.82 Å². The van der Waals surface area contributed by atoms with Gasteiger partial charge in [-0.15, -0.1) is 11.6 Å². The third-order valence-electron chi connectivity index (χ3n) is 2.23. The minimum Gasteiger partial charge on any atom is -0.339 e. The lowest BCUT2D eigenvalue weighted by Crippen LogP contribution is -2.32. The Hall–Kier alpha value is -1.16. The topological polar surface area (TPSA) is 33.2 Å². The number of carbonyl (C=O) groups is 1. The first-order valence-corrected chi connectivity index (χ1v) is 5.69. The minimum atomic E-state index is -0.586.